The zero-order valence-electron chi connectivity index (χ0n) is 16.1. The van der Waals surface area contributed by atoms with Crippen LogP contribution in [0.1, 0.15) is 55.3 Å². The third-order valence-corrected chi connectivity index (χ3v) is 4.13. The molecule has 6 nitrogen and oxygen atoms in total. The van der Waals surface area contributed by atoms with Gasteiger partial charge in [-0.25, -0.2) is 0 Å². The van der Waals surface area contributed by atoms with Gasteiger partial charge in [-0.05, 0) is 37.1 Å². The lowest BCUT2D eigenvalue weighted by molar-refractivity contribution is 0.0953. The summed E-state index contributed by atoms with van der Waals surface area (Å²) >= 11 is 0. The van der Waals surface area contributed by atoms with Gasteiger partial charge in [-0.3, -0.25) is 4.79 Å². The standard InChI is InChI=1S/C19H28N4O2.ClH/c1-13(20-5)12-16-22-17(25-23-16)10-11-21-18(24)14-6-8-15(9-7-14)19(2,3)4;/h6-9,13,20H,10-12H2,1-5H3,(H,21,24);1H. The van der Waals surface area contributed by atoms with Crippen molar-refractivity contribution in [1.82, 2.24) is 20.8 Å². The SMILES string of the molecule is CNC(C)Cc1noc(CCNC(=O)c2ccc(C(C)(C)C)cc2)n1.Cl. The molecule has 1 unspecified atom stereocenters. The number of nitrogens with one attached hydrogen (secondary N) is 2. The summed E-state index contributed by atoms with van der Waals surface area (Å²) in [4.78, 5) is 16.5. The number of rotatable bonds is 7. The van der Waals surface area contributed by atoms with Crippen LogP contribution in [0, 0.1) is 0 Å². The van der Waals surface area contributed by atoms with Crippen molar-refractivity contribution in [3.8, 4) is 0 Å². The largest absolute Gasteiger partial charge is 0.352 e. The summed E-state index contributed by atoms with van der Waals surface area (Å²) in [5.41, 5.74) is 1.94. The van der Waals surface area contributed by atoms with Crippen molar-refractivity contribution >= 4 is 18.3 Å². The van der Waals surface area contributed by atoms with Gasteiger partial charge in [-0.2, -0.15) is 4.98 Å². The number of halogens is 1. The molecule has 7 heteroatoms. The summed E-state index contributed by atoms with van der Waals surface area (Å²) in [5, 5.41) is 9.98. The molecular weight excluding hydrogens is 352 g/mol. The fraction of sp³-hybridized carbons (Fsp3) is 0.526. The van der Waals surface area contributed by atoms with Crippen LogP contribution in [0.4, 0.5) is 0 Å². The average molecular weight is 381 g/mol. The molecule has 2 aromatic rings. The first-order valence-corrected chi connectivity index (χ1v) is 8.67. The van der Waals surface area contributed by atoms with Gasteiger partial charge in [0.05, 0.1) is 0 Å². The summed E-state index contributed by atoms with van der Waals surface area (Å²) in [6, 6.07) is 8.02. The summed E-state index contributed by atoms with van der Waals surface area (Å²) in [7, 11) is 1.90. The van der Waals surface area contributed by atoms with Gasteiger partial charge in [0.1, 0.15) is 0 Å². The molecule has 0 aliphatic heterocycles. The molecule has 2 rings (SSSR count). The molecule has 0 saturated heterocycles. The Hall–Kier alpha value is -1.92. The molecule has 1 aromatic heterocycles. The van der Waals surface area contributed by atoms with E-state index < -0.39 is 0 Å². The lowest BCUT2D eigenvalue weighted by Crippen LogP contribution is -2.26. The summed E-state index contributed by atoms with van der Waals surface area (Å²) in [6.45, 7) is 8.97. The second-order valence-corrected chi connectivity index (χ2v) is 7.33. The molecular formula is C19H29ClN4O2. The van der Waals surface area contributed by atoms with E-state index in [1.54, 1.807) is 0 Å². The number of carbonyl (C=O) groups is 1. The Bertz CT molecular complexity index is 692. The first kappa shape index (κ1) is 22.1. The number of amides is 1. The first-order chi connectivity index (χ1) is 11.8. The lowest BCUT2D eigenvalue weighted by Gasteiger charge is -2.19. The van der Waals surface area contributed by atoms with E-state index in [9.17, 15) is 4.79 Å². The van der Waals surface area contributed by atoms with Crippen LogP contribution in [0.25, 0.3) is 0 Å². The minimum Gasteiger partial charge on any atom is -0.352 e. The zero-order valence-corrected chi connectivity index (χ0v) is 16.9. The monoisotopic (exact) mass is 380 g/mol. The normalized spacial score (nSPS) is 12.3. The molecule has 26 heavy (non-hydrogen) atoms. The first-order valence-electron chi connectivity index (χ1n) is 8.67. The molecule has 0 saturated carbocycles. The number of carbonyl (C=O) groups excluding carboxylic acids is 1. The summed E-state index contributed by atoms with van der Waals surface area (Å²) in [5.74, 6) is 1.13. The van der Waals surface area contributed by atoms with Crippen LogP contribution in [-0.4, -0.2) is 35.7 Å². The Balaban J connectivity index is 0.00000338. The highest BCUT2D eigenvalue weighted by molar-refractivity contribution is 5.94. The number of aromatic nitrogens is 2. The third-order valence-electron chi connectivity index (χ3n) is 4.13. The van der Waals surface area contributed by atoms with E-state index in [0.717, 1.165) is 0 Å². The molecule has 1 aromatic carbocycles. The second-order valence-electron chi connectivity index (χ2n) is 7.33. The molecule has 1 amide bonds. The Kier molecular flexibility index (Phi) is 8.24. The fourth-order valence-electron chi connectivity index (χ4n) is 2.36. The van der Waals surface area contributed by atoms with Gasteiger partial charge in [0.15, 0.2) is 5.82 Å². The van der Waals surface area contributed by atoms with Crippen LogP contribution in [0.2, 0.25) is 0 Å². The van der Waals surface area contributed by atoms with Gasteiger partial charge in [0.25, 0.3) is 5.91 Å². The number of hydrogen-bond donors (Lipinski definition) is 2. The minimum atomic E-state index is -0.0935. The molecule has 2 N–H and O–H groups in total. The maximum absolute atomic E-state index is 12.2. The van der Waals surface area contributed by atoms with E-state index >= 15 is 0 Å². The Morgan fingerprint density at radius 2 is 1.88 bits per heavy atom. The van der Waals surface area contributed by atoms with Crippen LogP contribution >= 0.6 is 12.4 Å². The molecule has 0 aliphatic carbocycles. The Morgan fingerprint density at radius 1 is 1.23 bits per heavy atom. The van der Waals surface area contributed by atoms with Crippen molar-refractivity contribution in [1.29, 1.82) is 0 Å². The van der Waals surface area contributed by atoms with Crippen LogP contribution < -0.4 is 10.6 Å². The molecule has 1 atom stereocenters. The van der Waals surface area contributed by atoms with Crippen LogP contribution in [0.15, 0.2) is 28.8 Å². The number of nitrogens with zero attached hydrogens (tertiary/aromatic N) is 2. The number of benzene rings is 1. The van der Waals surface area contributed by atoms with Gasteiger partial charge in [0, 0.05) is 31.0 Å². The maximum Gasteiger partial charge on any atom is 0.251 e. The molecule has 0 bridgehead atoms. The maximum atomic E-state index is 12.2. The third kappa shape index (κ3) is 6.42. The highest BCUT2D eigenvalue weighted by atomic mass is 35.5. The van der Waals surface area contributed by atoms with Gasteiger partial charge < -0.3 is 15.2 Å². The lowest BCUT2D eigenvalue weighted by atomic mass is 9.87. The van der Waals surface area contributed by atoms with Crippen LogP contribution in [0.3, 0.4) is 0 Å². The van der Waals surface area contributed by atoms with Gasteiger partial charge in [-0.1, -0.05) is 38.1 Å². The van der Waals surface area contributed by atoms with Gasteiger partial charge >= 0.3 is 0 Å². The van der Waals surface area contributed by atoms with Crippen LogP contribution in [0.5, 0.6) is 0 Å². The number of hydrogen-bond acceptors (Lipinski definition) is 5. The van der Waals surface area contributed by atoms with Crippen molar-refractivity contribution in [3.63, 3.8) is 0 Å². The van der Waals surface area contributed by atoms with E-state index in [-0.39, 0.29) is 23.7 Å². The predicted octanol–water partition coefficient (Wildman–Crippen LogP) is 2.91. The van der Waals surface area contributed by atoms with Gasteiger partial charge in [0.2, 0.25) is 5.89 Å². The zero-order chi connectivity index (χ0) is 18.4. The Morgan fingerprint density at radius 3 is 2.46 bits per heavy atom. The van der Waals surface area contributed by atoms with Crippen molar-refractivity contribution in [3.05, 3.63) is 47.1 Å². The van der Waals surface area contributed by atoms with Gasteiger partial charge in [-0.15, -0.1) is 12.4 Å². The smallest absolute Gasteiger partial charge is 0.251 e. The van der Waals surface area contributed by atoms with E-state index in [1.807, 2.05) is 31.3 Å². The van der Waals surface area contributed by atoms with E-state index in [4.69, 9.17) is 4.52 Å². The molecule has 0 fully saturated rings. The Labute approximate surface area is 161 Å². The molecule has 0 spiro atoms. The summed E-state index contributed by atoms with van der Waals surface area (Å²) < 4.78 is 5.21. The molecule has 0 radical (unpaired) electrons. The topological polar surface area (TPSA) is 80.0 Å². The predicted molar refractivity (Wildman–Crippen MR) is 105 cm³/mol. The summed E-state index contributed by atoms with van der Waals surface area (Å²) in [6.07, 6.45) is 1.24. The van der Waals surface area contributed by atoms with Crippen molar-refractivity contribution in [2.24, 2.45) is 0 Å². The highest BCUT2D eigenvalue weighted by Crippen LogP contribution is 2.22. The molecule has 144 valence electrons. The van der Waals surface area contributed by atoms with E-state index in [2.05, 4.69) is 48.5 Å². The van der Waals surface area contributed by atoms with Crippen molar-refractivity contribution in [2.45, 2.75) is 52.0 Å². The highest BCUT2D eigenvalue weighted by Gasteiger charge is 2.14. The van der Waals surface area contributed by atoms with E-state index in [1.165, 1.54) is 5.56 Å². The average Bonchev–Trinajstić information content (AvgIpc) is 3.01. The second kappa shape index (κ2) is 9.69. The molecule has 1 heterocycles. The van der Waals surface area contributed by atoms with Crippen LogP contribution in [-0.2, 0) is 18.3 Å². The quantitative estimate of drug-likeness (QED) is 0.772. The fourth-order valence-corrected chi connectivity index (χ4v) is 2.36. The minimum absolute atomic E-state index is 0. The van der Waals surface area contributed by atoms with Crippen molar-refractivity contribution in [2.75, 3.05) is 13.6 Å². The van der Waals surface area contributed by atoms with E-state index in [0.29, 0.717) is 42.7 Å². The number of likely N-dealkylation sites (N-methyl/N-ethyl adjacent to an activating group) is 1. The van der Waals surface area contributed by atoms with Crippen molar-refractivity contribution < 1.29 is 9.32 Å². The molecule has 0 aliphatic rings.